The predicted molar refractivity (Wildman–Crippen MR) is 72.6 cm³/mol. The van der Waals surface area contributed by atoms with E-state index in [1.807, 2.05) is 12.1 Å². The Hall–Kier alpha value is -1.79. The van der Waals surface area contributed by atoms with Crippen molar-refractivity contribution in [2.24, 2.45) is 0 Å². The molecule has 0 bridgehead atoms. The van der Waals surface area contributed by atoms with Crippen molar-refractivity contribution in [1.82, 2.24) is 0 Å². The van der Waals surface area contributed by atoms with Crippen LogP contribution in [-0.4, -0.2) is 17.6 Å². The molecule has 0 aliphatic rings. The molecule has 1 amide bonds. The lowest BCUT2D eigenvalue weighted by Crippen LogP contribution is -2.14. The maximum Gasteiger partial charge on any atom is 0.231 e. The van der Waals surface area contributed by atoms with Crippen molar-refractivity contribution in [2.75, 3.05) is 11.2 Å². The molecule has 94 valence electrons. The number of Topliss-reactive ketones (excluding diaryl/α,β-unsaturated/α-hetero) is 1. The first kappa shape index (κ1) is 14.3. The normalized spacial score (nSPS) is 9.22. The summed E-state index contributed by atoms with van der Waals surface area (Å²) < 4.78 is 0. The highest BCUT2D eigenvalue weighted by Gasteiger charge is 2.04. The first-order chi connectivity index (χ1) is 8.61. The van der Waals surface area contributed by atoms with Gasteiger partial charge < -0.3 is 5.32 Å². The van der Waals surface area contributed by atoms with Crippen molar-refractivity contribution in [3.05, 3.63) is 29.8 Å². The molecular formula is C14H14ClNO2. The minimum atomic E-state index is -0.302. The van der Waals surface area contributed by atoms with Crippen LogP contribution in [0.1, 0.15) is 25.3 Å². The molecule has 0 atom stereocenters. The summed E-state index contributed by atoms with van der Waals surface area (Å²) in [7, 11) is 0. The van der Waals surface area contributed by atoms with Gasteiger partial charge in [0.25, 0.3) is 0 Å². The number of rotatable bonds is 4. The van der Waals surface area contributed by atoms with Crippen LogP contribution in [-0.2, 0) is 9.59 Å². The molecule has 0 heterocycles. The third-order valence-corrected chi connectivity index (χ3v) is 2.22. The summed E-state index contributed by atoms with van der Waals surface area (Å²) in [6, 6.07) is 7.13. The van der Waals surface area contributed by atoms with Crippen molar-refractivity contribution in [1.29, 1.82) is 0 Å². The molecule has 1 aromatic rings. The Morgan fingerprint density at radius 1 is 1.28 bits per heavy atom. The highest BCUT2D eigenvalue weighted by atomic mass is 35.5. The summed E-state index contributed by atoms with van der Waals surface area (Å²) in [5.41, 5.74) is 1.52. The van der Waals surface area contributed by atoms with Crippen LogP contribution < -0.4 is 5.32 Å². The van der Waals surface area contributed by atoms with E-state index in [0.29, 0.717) is 18.0 Å². The van der Waals surface area contributed by atoms with Gasteiger partial charge in [-0.3, -0.25) is 9.59 Å². The molecule has 1 rings (SSSR count). The summed E-state index contributed by atoms with van der Waals surface area (Å²) in [6.07, 6.45) is 0.552. The largest absolute Gasteiger partial charge is 0.326 e. The molecule has 4 heteroatoms. The second-order valence-electron chi connectivity index (χ2n) is 3.75. The Kier molecular flexibility index (Phi) is 5.96. The van der Waals surface area contributed by atoms with E-state index in [4.69, 9.17) is 11.6 Å². The minimum Gasteiger partial charge on any atom is -0.326 e. The quantitative estimate of drug-likeness (QED) is 0.516. The van der Waals surface area contributed by atoms with Crippen molar-refractivity contribution < 1.29 is 9.59 Å². The molecule has 0 unspecified atom stereocenters. The monoisotopic (exact) mass is 263 g/mol. The first-order valence-electron chi connectivity index (χ1n) is 5.56. The molecule has 0 spiro atoms. The van der Waals surface area contributed by atoms with Crippen LogP contribution in [0.25, 0.3) is 0 Å². The Bertz CT molecular complexity index is 483. The lowest BCUT2D eigenvalue weighted by atomic mass is 10.2. The van der Waals surface area contributed by atoms with Gasteiger partial charge in [0.15, 0.2) is 0 Å². The molecule has 0 aliphatic carbocycles. The molecule has 0 saturated carbocycles. The van der Waals surface area contributed by atoms with E-state index in [1.54, 1.807) is 12.1 Å². The van der Waals surface area contributed by atoms with Crippen LogP contribution in [0.5, 0.6) is 0 Å². The van der Waals surface area contributed by atoms with Gasteiger partial charge in [-0.15, -0.1) is 11.6 Å². The van der Waals surface area contributed by atoms with E-state index in [9.17, 15) is 9.59 Å². The van der Waals surface area contributed by atoms with Gasteiger partial charge >= 0.3 is 0 Å². The number of halogens is 1. The molecule has 0 saturated heterocycles. The summed E-state index contributed by atoms with van der Waals surface area (Å²) in [4.78, 5) is 22.1. The number of hydrogen-bond acceptors (Lipinski definition) is 2. The minimum absolute atomic E-state index is 0.0999. The third kappa shape index (κ3) is 5.51. The number of ketones is 1. The lowest BCUT2D eigenvalue weighted by Gasteiger charge is -2.03. The van der Waals surface area contributed by atoms with E-state index in [0.717, 1.165) is 5.56 Å². The highest BCUT2D eigenvalue weighted by Crippen LogP contribution is 2.09. The summed E-state index contributed by atoms with van der Waals surface area (Å²) in [5.74, 6) is 5.94. The van der Waals surface area contributed by atoms with Crippen LogP contribution in [0.3, 0.4) is 0 Å². The smallest absolute Gasteiger partial charge is 0.231 e. The molecule has 18 heavy (non-hydrogen) atoms. The van der Waals surface area contributed by atoms with Gasteiger partial charge in [0, 0.05) is 23.6 Å². The van der Waals surface area contributed by atoms with Gasteiger partial charge in [-0.2, -0.15) is 0 Å². The molecule has 0 aliphatic heterocycles. The van der Waals surface area contributed by atoms with Gasteiger partial charge in [-0.25, -0.2) is 0 Å². The number of benzene rings is 1. The summed E-state index contributed by atoms with van der Waals surface area (Å²) in [6.45, 7) is 1.38. The topological polar surface area (TPSA) is 46.2 Å². The summed E-state index contributed by atoms with van der Waals surface area (Å²) >= 11 is 5.51. The van der Waals surface area contributed by atoms with E-state index in [1.165, 1.54) is 6.92 Å². The van der Waals surface area contributed by atoms with Gasteiger partial charge in [-0.1, -0.05) is 11.8 Å². The standard InChI is InChI=1S/C14H14ClNO2/c1-11(17)10-14(18)16-13-7-5-12(6-8-13)4-2-3-9-15/h5-8H,3,9-10H2,1H3,(H,16,18). The van der Waals surface area contributed by atoms with Crippen LogP contribution in [0.15, 0.2) is 24.3 Å². The van der Waals surface area contributed by atoms with E-state index in [2.05, 4.69) is 17.2 Å². The molecule has 0 radical (unpaired) electrons. The fourth-order valence-electron chi connectivity index (χ4n) is 1.28. The zero-order valence-corrected chi connectivity index (χ0v) is 10.9. The average molecular weight is 264 g/mol. The second kappa shape index (κ2) is 7.52. The first-order valence-corrected chi connectivity index (χ1v) is 6.09. The molecular weight excluding hydrogens is 250 g/mol. The molecule has 3 nitrogen and oxygen atoms in total. The van der Waals surface area contributed by atoms with Crippen molar-refractivity contribution in [3.63, 3.8) is 0 Å². The molecule has 1 aromatic carbocycles. The number of alkyl halides is 1. The maximum atomic E-state index is 11.3. The highest BCUT2D eigenvalue weighted by molar-refractivity contribution is 6.18. The zero-order chi connectivity index (χ0) is 13.4. The molecule has 0 fully saturated rings. The Morgan fingerprint density at radius 2 is 1.94 bits per heavy atom. The SMILES string of the molecule is CC(=O)CC(=O)Nc1ccc(C#CCCCl)cc1. The van der Waals surface area contributed by atoms with Gasteiger partial charge in [0.1, 0.15) is 5.78 Å². The fourth-order valence-corrected chi connectivity index (χ4v) is 1.37. The van der Waals surface area contributed by atoms with Crippen molar-refractivity contribution in [3.8, 4) is 11.8 Å². The second-order valence-corrected chi connectivity index (χ2v) is 4.12. The van der Waals surface area contributed by atoms with E-state index in [-0.39, 0.29) is 18.1 Å². The number of amides is 1. The molecule has 0 aromatic heterocycles. The van der Waals surface area contributed by atoms with Gasteiger partial charge in [0.05, 0.1) is 6.42 Å². The Balaban J connectivity index is 2.58. The number of hydrogen-bond donors (Lipinski definition) is 1. The number of carbonyl (C=O) groups is 2. The number of carbonyl (C=O) groups excluding carboxylic acids is 2. The van der Waals surface area contributed by atoms with Gasteiger partial charge in [-0.05, 0) is 31.2 Å². The van der Waals surface area contributed by atoms with Crippen LogP contribution in [0, 0.1) is 11.8 Å². The number of nitrogens with one attached hydrogen (secondary N) is 1. The summed E-state index contributed by atoms with van der Waals surface area (Å²) in [5, 5.41) is 2.64. The van der Waals surface area contributed by atoms with Crippen LogP contribution >= 0.6 is 11.6 Å². The van der Waals surface area contributed by atoms with E-state index < -0.39 is 0 Å². The predicted octanol–water partition coefficient (Wildman–Crippen LogP) is 2.58. The average Bonchev–Trinajstić information content (AvgIpc) is 2.30. The van der Waals surface area contributed by atoms with Crippen molar-refractivity contribution in [2.45, 2.75) is 19.8 Å². The lowest BCUT2D eigenvalue weighted by molar-refractivity contribution is -0.124. The Morgan fingerprint density at radius 3 is 2.50 bits per heavy atom. The third-order valence-electron chi connectivity index (χ3n) is 2.03. The van der Waals surface area contributed by atoms with Crippen molar-refractivity contribution >= 4 is 29.0 Å². The Labute approximate surface area is 112 Å². The maximum absolute atomic E-state index is 11.3. The fraction of sp³-hybridized carbons (Fsp3) is 0.286. The number of anilines is 1. The van der Waals surface area contributed by atoms with Crippen LogP contribution in [0.2, 0.25) is 0 Å². The zero-order valence-electron chi connectivity index (χ0n) is 10.1. The van der Waals surface area contributed by atoms with E-state index >= 15 is 0 Å². The van der Waals surface area contributed by atoms with Gasteiger partial charge in [0.2, 0.25) is 5.91 Å². The molecule has 1 N–H and O–H groups in total. The van der Waals surface area contributed by atoms with Crippen LogP contribution in [0.4, 0.5) is 5.69 Å².